The predicted octanol–water partition coefficient (Wildman–Crippen LogP) is 3.23. The van der Waals surface area contributed by atoms with Crippen LogP contribution in [0.25, 0.3) is 0 Å². The molecule has 5 atom stereocenters. The van der Waals surface area contributed by atoms with E-state index in [-0.39, 0.29) is 12.1 Å². The summed E-state index contributed by atoms with van der Waals surface area (Å²) in [5.74, 6) is 2.87. The van der Waals surface area contributed by atoms with Gasteiger partial charge in [0.25, 0.3) is 0 Å². The van der Waals surface area contributed by atoms with Crippen molar-refractivity contribution in [2.75, 3.05) is 13.6 Å². The molecule has 2 N–H and O–H groups in total. The molecule has 3 nitrogen and oxygen atoms in total. The van der Waals surface area contributed by atoms with Gasteiger partial charge in [0.2, 0.25) is 0 Å². The summed E-state index contributed by atoms with van der Waals surface area (Å²) in [6.45, 7) is 3.35. The lowest BCUT2D eigenvalue weighted by molar-refractivity contribution is 0.150. The maximum absolute atomic E-state index is 6.42. The second-order valence-corrected chi connectivity index (χ2v) is 7.15. The maximum Gasteiger partial charge on any atom is 0.0671 e. The molecule has 1 aromatic heterocycles. The molecule has 1 heterocycles. The number of pyridine rings is 1. The molecule has 3 heteroatoms. The van der Waals surface area contributed by atoms with E-state index in [4.69, 9.17) is 5.73 Å². The summed E-state index contributed by atoms with van der Waals surface area (Å²) in [5.41, 5.74) is 7.54. The van der Waals surface area contributed by atoms with Crippen molar-refractivity contribution >= 4 is 0 Å². The summed E-state index contributed by atoms with van der Waals surface area (Å²) >= 11 is 0. The van der Waals surface area contributed by atoms with Crippen molar-refractivity contribution in [1.29, 1.82) is 0 Å². The Labute approximate surface area is 128 Å². The summed E-state index contributed by atoms with van der Waals surface area (Å²) in [4.78, 5) is 7.04. The molecule has 0 aromatic carbocycles. The molecule has 0 saturated heterocycles. The van der Waals surface area contributed by atoms with Crippen molar-refractivity contribution in [1.82, 2.24) is 9.88 Å². The van der Waals surface area contributed by atoms with Crippen molar-refractivity contribution in [2.45, 2.75) is 51.1 Å². The zero-order valence-corrected chi connectivity index (χ0v) is 13.4. The Morgan fingerprint density at radius 1 is 1.33 bits per heavy atom. The molecule has 116 valence electrons. The molecule has 5 unspecified atom stereocenters. The molecular formula is C18H29N3. The third kappa shape index (κ3) is 3.14. The number of hydrogen-bond donors (Lipinski definition) is 1. The smallest absolute Gasteiger partial charge is 0.0671 e. The molecule has 2 aliphatic rings. The van der Waals surface area contributed by atoms with Crippen LogP contribution in [-0.4, -0.2) is 29.5 Å². The molecule has 0 amide bonds. The molecule has 2 aliphatic carbocycles. The van der Waals surface area contributed by atoms with E-state index < -0.39 is 0 Å². The summed E-state index contributed by atoms with van der Waals surface area (Å²) in [5, 5.41) is 0. The Kier molecular flexibility index (Phi) is 4.60. The molecule has 3 rings (SSSR count). The highest BCUT2D eigenvalue weighted by atomic mass is 15.2. The van der Waals surface area contributed by atoms with Crippen LogP contribution < -0.4 is 5.73 Å². The van der Waals surface area contributed by atoms with Gasteiger partial charge in [0.05, 0.1) is 11.7 Å². The van der Waals surface area contributed by atoms with E-state index in [0.717, 1.165) is 29.9 Å². The standard InChI is InChI=1S/C18H29N3/c1-3-16(19)18(17-6-4-5-9-20-17)21(2)12-15-11-13-7-8-14(15)10-13/h4-6,9,13-16,18H,3,7-8,10-12,19H2,1-2H3. The fourth-order valence-corrected chi connectivity index (χ4v) is 4.63. The van der Waals surface area contributed by atoms with Gasteiger partial charge in [-0.15, -0.1) is 0 Å². The lowest BCUT2D eigenvalue weighted by Gasteiger charge is -2.35. The maximum atomic E-state index is 6.42. The summed E-state index contributed by atoms with van der Waals surface area (Å²) < 4.78 is 0. The van der Waals surface area contributed by atoms with Gasteiger partial charge in [0.1, 0.15) is 0 Å². The number of rotatable bonds is 6. The second kappa shape index (κ2) is 6.45. The molecular weight excluding hydrogens is 258 g/mol. The lowest BCUT2D eigenvalue weighted by atomic mass is 9.87. The Morgan fingerprint density at radius 3 is 2.76 bits per heavy atom. The number of aromatic nitrogens is 1. The largest absolute Gasteiger partial charge is 0.326 e. The summed E-state index contributed by atoms with van der Waals surface area (Å²) in [7, 11) is 2.24. The van der Waals surface area contributed by atoms with Crippen molar-refractivity contribution in [3.8, 4) is 0 Å². The van der Waals surface area contributed by atoms with E-state index in [1.165, 1.54) is 32.2 Å². The van der Waals surface area contributed by atoms with E-state index in [2.05, 4.69) is 36.0 Å². The molecule has 2 fully saturated rings. The number of nitrogens with two attached hydrogens (primary N) is 1. The van der Waals surface area contributed by atoms with Crippen LogP contribution in [0.2, 0.25) is 0 Å². The fraction of sp³-hybridized carbons (Fsp3) is 0.722. The zero-order chi connectivity index (χ0) is 14.8. The molecule has 21 heavy (non-hydrogen) atoms. The number of nitrogens with zero attached hydrogens (tertiary/aromatic N) is 2. The van der Waals surface area contributed by atoms with Crippen molar-refractivity contribution in [3.05, 3.63) is 30.1 Å². The quantitative estimate of drug-likeness (QED) is 0.873. The Hall–Kier alpha value is -0.930. The van der Waals surface area contributed by atoms with E-state index in [9.17, 15) is 0 Å². The molecule has 0 spiro atoms. The second-order valence-electron chi connectivity index (χ2n) is 7.15. The van der Waals surface area contributed by atoms with Gasteiger partial charge in [0.15, 0.2) is 0 Å². The minimum Gasteiger partial charge on any atom is -0.326 e. The summed E-state index contributed by atoms with van der Waals surface area (Å²) in [6, 6.07) is 6.58. The summed E-state index contributed by atoms with van der Waals surface area (Å²) in [6.07, 6.45) is 8.72. The highest BCUT2D eigenvalue weighted by Crippen LogP contribution is 2.48. The van der Waals surface area contributed by atoms with E-state index >= 15 is 0 Å². The molecule has 2 bridgehead atoms. The van der Waals surface area contributed by atoms with Crippen LogP contribution in [-0.2, 0) is 0 Å². The third-order valence-corrected chi connectivity index (χ3v) is 5.75. The molecule has 0 aliphatic heterocycles. The highest BCUT2D eigenvalue weighted by Gasteiger charge is 2.40. The zero-order valence-electron chi connectivity index (χ0n) is 13.4. The van der Waals surface area contributed by atoms with Gasteiger partial charge in [0, 0.05) is 18.8 Å². The van der Waals surface area contributed by atoms with Crippen LogP contribution in [0, 0.1) is 17.8 Å². The van der Waals surface area contributed by atoms with Crippen LogP contribution >= 0.6 is 0 Å². The normalized spacial score (nSPS) is 30.8. The van der Waals surface area contributed by atoms with Crippen molar-refractivity contribution in [3.63, 3.8) is 0 Å². The van der Waals surface area contributed by atoms with Gasteiger partial charge in [-0.05, 0) is 62.6 Å². The van der Waals surface area contributed by atoms with Gasteiger partial charge < -0.3 is 5.73 Å². The topological polar surface area (TPSA) is 42.1 Å². The minimum absolute atomic E-state index is 0.156. The highest BCUT2D eigenvalue weighted by molar-refractivity contribution is 5.11. The van der Waals surface area contributed by atoms with Gasteiger partial charge >= 0.3 is 0 Å². The lowest BCUT2D eigenvalue weighted by Crippen LogP contribution is -2.42. The van der Waals surface area contributed by atoms with Gasteiger partial charge in [-0.3, -0.25) is 9.88 Å². The van der Waals surface area contributed by atoms with Crippen LogP contribution in [0.15, 0.2) is 24.4 Å². The van der Waals surface area contributed by atoms with Crippen LogP contribution in [0.5, 0.6) is 0 Å². The van der Waals surface area contributed by atoms with Crippen molar-refractivity contribution < 1.29 is 0 Å². The van der Waals surface area contributed by atoms with E-state index in [0.29, 0.717) is 0 Å². The van der Waals surface area contributed by atoms with Gasteiger partial charge in [-0.25, -0.2) is 0 Å². The van der Waals surface area contributed by atoms with Gasteiger partial charge in [-0.1, -0.05) is 19.4 Å². The molecule has 2 saturated carbocycles. The predicted molar refractivity (Wildman–Crippen MR) is 86.8 cm³/mol. The first-order valence-corrected chi connectivity index (χ1v) is 8.55. The van der Waals surface area contributed by atoms with Gasteiger partial charge in [-0.2, -0.15) is 0 Å². The fourth-order valence-electron chi connectivity index (χ4n) is 4.63. The van der Waals surface area contributed by atoms with Crippen molar-refractivity contribution in [2.24, 2.45) is 23.5 Å². The average Bonchev–Trinajstić information content (AvgIpc) is 3.11. The first-order valence-electron chi connectivity index (χ1n) is 8.55. The minimum atomic E-state index is 0.156. The van der Waals surface area contributed by atoms with E-state index in [1.807, 2.05) is 12.3 Å². The molecule has 1 aromatic rings. The Bertz CT molecular complexity index is 447. The number of hydrogen-bond acceptors (Lipinski definition) is 3. The monoisotopic (exact) mass is 287 g/mol. The Morgan fingerprint density at radius 2 is 2.19 bits per heavy atom. The first-order chi connectivity index (χ1) is 10.2. The number of likely N-dealkylation sites (N-methyl/N-ethyl adjacent to an activating group) is 1. The van der Waals surface area contributed by atoms with Crippen LogP contribution in [0.4, 0.5) is 0 Å². The first kappa shape index (κ1) is 15.0. The SMILES string of the molecule is CCC(N)C(c1ccccn1)N(C)CC1CC2CCC1C2. The number of fused-ring (bicyclic) bond motifs is 2. The van der Waals surface area contributed by atoms with E-state index in [1.54, 1.807) is 0 Å². The Balaban J connectivity index is 1.70. The van der Waals surface area contributed by atoms with Crippen LogP contribution in [0.3, 0.4) is 0 Å². The third-order valence-electron chi connectivity index (χ3n) is 5.75. The average molecular weight is 287 g/mol. The van der Waals surface area contributed by atoms with Crippen LogP contribution in [0.1, 0.15) is 50.8 Å². The molecule has 0 radical (unpaired) electrons.